The molecule has 7 heteroatoms. The lowest BCUT2D eigenvalue weighted by molar-refractivity contribution is -0.146. The Balaban J connectivity index is 1.54. The third kappa shape index (κ3) is 2.92. The number of aromatic nitrogens is 2. The van der Waals surface area contributed by atoms with E-state index >= 15 is 0 Å². The summed E-state index contributed by atoms with van der Waals surface area (Å²) < 4.78 is 2.15. The number of aryl methyl sites for hydroxylation is 2. The van der Waals surface area contributed by atoms with Gasteiger partial charge in [0, 0.05) is 45.5 Å². The number of amides is 1. The lowest BCUT2D eigenvalue weighted by atomic mass is 9.77. The maximum Gasteiger partial charge on any atom is 0.309 e. The molecule has 2 fully saturated rings. The number of carboxylic acid groups (broad SMARTS) is 1. The van der Waals surface area contributed by atoms with Gasteiger partial charge < -0.3 is 19.5 Å². The number of carbonyl (C=O) groups is 2. The van der Waals surface area contributed by atoms with Gasteiger partial charge in [-0.05, 0) is 32.7 Å². The summed E-state index contributed by atoms with van der Waals surface area (Å²) in [7, 11) is 1.77. The average Bonchev–Trinajstić information content (AvgIpc) is 3.07. The van der Waals surface area contributed by atoms with Gasteiger partial charge in [0.2, 0.25) is 5.91 Å². The van der Waals surface area contributed by atoms with E-state index in [0.717, 1.165) is 51.3 Å². The lowest BCUT2D eigenvalue weighted by Crippen LogP contribution is -2.56. The van der Waals surface area contributed by atoms with Crippen molar-refractivity contribution in [2.45, 2.75) is 44.7 Å². The van der Waals surface area contributed by atoms with E-state index in [1.807, 2.05) is 19.3 Å². The molecular formula is C17H26N4O3. The number of imidazole rings is 1. The number of piperidine rings is 1. The Morgan fingerprint density at radius 2 is 2.08 bits per heavy atom. The van der Waals surface area contributed by atoms with Crippen LogP contribution in [0.3, 0.4) is 0 Å². The molecule has 1 amide bonds. The smallest absolute Gasteiger partial charge is 0.309 e. The average molecular weight is 334 g/mol. The van der Waals surface area contributed by atoms with Gasteiger partial charge in [-0.15, -0.1) is 0 Å². The van der Waals surface area contributed by atoms with Gasteiger partial charge in [-0.3, -0.25) is 9.59 Å². The van der Waals surface area contributed by atoms with Gasteiger partial charge in [0.1, 0.15) is 5.82 Å². The standard InChI is InChI=1S/C17H26N4O3/c1-13-18-6-11-21(13)8-3-7-20-9-4-17(5-10-20)14(16(23)24)12-15(22)19(17)2/h6,11,14H,3-5,7-10,12H2,1-2H3,(H,23,24)/t14-/m1/s1. The van der Waals surface area contributed by atoms with Crippen LogP contribution in [0.4, 0.5) is 0 Å². The summed E-state index contributed by atoms with van der Waals surface area (Å²) in [6.45, 7) is 5.64. The van der Waals surface area contributed by atoms with Crippen LogP contribution in [-0.2, 0) is 16.1 Å². The normalized spacial score (nSPS) is 24.0. The summed E-state index contributed by atoms with van der Waals surface area (Å²) in [5.41, 5.74) is -0.486. The minimum atomic E-state index is -0.836. The van der Waals surface area contributed by atoms with E-state index in [0.29, 0.717) is 0 Å². The molecule has 0 aliphatic carbocycles. The summed E-state index contributed by atoms with van der Waals surface area (Å²) in [5.74, 6) is -0.406. The second-order valence-electron chi connectivity index (χ2n) is 7.01. The van der Waals surface area contributed by atoms with Crippen LogP contribution in [0.25, 0.3) is 0 Å². The molecule has 7 nitrogen and oxygen atoms in total. The third-order valence-electron chi connectivity index (χ3n) is 5.89. The minimum absolute atomic E-state index is 0.0357. The molecule has 24 heavy (non-hydrogen) atoms. The fourth-order valence-electron chi connectivity index (χ4n) is 4.25. The Labute approximate surface area is 142 Å². The molecule has 3 heterocycles. The van der Waals surface area contributed by atoms with Gasteiger partial charge >= 0.3 is 5.97 Å². The molecule has 2 aliphatic rings. The molecule has 1 N–H and O–H groups in total. The first kappa shape index (κ1) is 17.0. The Bertz CT molecular complexity index is 619. The zero-order valence-corrected chi connectivity index (χ0v) is 14.4. The van der Waals surface area contributed by atoms with Gasteiger partial charge in [0.15, 0.2) is 0 Å². The molecule has 0 unspecified atom stereocenters. The van der Waals surface area contributed by atoms with E-state index in [1.54, 1.807) is 11.9 Å². The van der Waals surface area contributed by atoms with Crippen LogP contribution in [0.5, 0.6) is 0 Å². The number of likely N-dealkylation sites (tertiary alicyclic amines) is 2. The van der Waals surface area contributed by atoms with Crippen molar-refractivity contribution in [2.75, 3.05) is 26.7 Å². The van der Waals surface area contributed by atoms with E-state index in [-0.39, 0.29) is 12.3 Å². The predicted molar refractivity (Wildman–Crippen MR) is 88.5 cm³/mol. The molecule has 2 saturated heterocycles. The summed E-state index contributed by atoms with van der Waals surface area (Å²) in [4.78, 5) is 31.9. The number of rotatable bonds is 5. The highest BCUT2D eigenvalue weighted by Gasteiger charge is 2.55. The monoisotopic (exact) mass is 334 g/mol. The third-order valence-corrected chi connectivity index (χ3v) is 5.89. The molecule has 2 aliphatic heterocycles. The van der Waals surface area contributed by atoms with Crippen LogP contribution in [0, 0.1) is 12.8 Å². The second kappa shape index (κ2) is 6.55. The first-order valence-corrected chi connectivity index (χ1v) is 8.63. The number of carbonyl (C=O) groups excluding carboxylic acids is 1. The summed E-state index contributed by atoms with van der Waals surface area (Å²) in [6, 6.07) is 0. The second-order valence-corrected chi connectivity index (χ2v) is 7.01. The largest absolute Gasteiger partial charge is 0.481 e. The fourth-order valence-corrected chi connectivity index (χ4v) is 4.25. The summed E-state index contributed by atoms with van der Waals surface area (Å²) in [5, 5.41) is 9.50. The molecule has 0 bridgehead atoms. The van der Waals surface area contributed by atoms with Crippen LogP contribution in [0.2, 0.25) is 0 Å². The van der Waals surface area contributed by atoms with Crippen molar-refractivity contribution in [3.63, 3.8) is 0 Å². The van der Waals surface area contributed by atoms with Crippen LogP contribution in [-0.4, -0.2) is 68.6 Å². The molecule has 0 saturated carbocycles. The highest BCUT2D eigenvalue weighted by Crippen LogP contribution is 2.42. The number of carboxylic acids is 1. The van der Waals surface area contributed by atoms with Crippen molar-refractivity contribution in [1.29, 1.82) is 0 Å². The van der Waals surface area contributed by atoms with Crippen molar-refractivity contribution in [2.24, 2.45) is 5.92 Å². The van der Waals surface area contributed by atoms with E-state index < -0.39 is 17.4 Å². The number of hydrogen-bond donors (Lipinski definition) is 1. The lowest BCUT2D eigenvalue weighted by Gasteiger charge is -2.45. The molecule has 0 aromatic carbocycles. The first-order valence-electron chi connectivity index (χ1n) is 8.63. The topological polar surface area (TPSA) is 78.7 Å². The van der Waals surface area contributed by atoms with Gasteiger partial charge in [0.25, 0.3) is 0 Å². The van der Waals surface area contributed by atoms with Crippen LogP contribution in [0.15, 0.2) is 12.4 Å². The number of aliphatic carboxylic acids is 1. The van der Waals surface area contributed by atoms with Gasteiger partial charge in [-0.25, -0.2) is 4.98 Å². The van der Waals surface area contributed by atoms with Gasteiger partial charge in [-0.1, -0.05) is 0 Å². The number of hydrogen-bond acceptors (Lipinski definition) is 4. The van der Waals surface area contributed by atoms with E-state index in [2.05, 4.69) is 14.5 Å². The van der Waals surface area contributed by atoms with Crippen molar-refractivity contribution in [3.05, 3.63) is 18.2 Å². The van der Waals surface area contributed by atoms with Crippen molar-refractivity contribution < 1.29 is 14.7 Å². The van der Waals surface area contributed by atoms with E-state index in [1.165, 1.54) is 0 Å². The Morgan fingerprint density at radius 3 is 2.67 bits per heavy atom. The molecular weight excluding hydrogens is 308 g/mol. The fraction of sp³-hybridized carbons (Fsp3) is 0.706. The number of nitrogens with zero attached hydrogens (tertiary/aromatic N) is 4. The van der Waals surface area contributed by atoms with Crippen LogP contribution >= 0.6 is 0 Å². The predicted octanol–water partition coefficient (Wildman–Crippen LogP) is 0.979. The van der Waals surface area contributed by atoms with Crippen molar-refractivity contribution in [3.8, 4) is 0 Å². The zero-order chi connectivity index (χ0) is 17.3. The molecule has 0 radical (unpaired) electrons. The Kier molecular flexibility index (Phi) is 4.62. The van der Waals surface area contributed by atoms with Crippen LogP contribution in [0.1, 0.15) is 31.5 Å². The van der Waals surface area contributed by atoms with E-state index in [4.69, 9.17) is 0 Å². The maximum atomic E-state index is 12.0. The zero-order valence-electron chi connectivity index (χ0n) is 14.4. The minimum Gasteiger partial charge on any atom is -0.481 e. The summed E-state index contributed by atoms with van der Waals surface area (Å²) >= 11 is 0. The molecule has 132 valence electrons. The highest BCUT2D eigenvalue weighted by atomic mass is 16.4. The quantitative estimate of drug-likeness (QED) is 0.868. The molecule has 1 aromatic rings. The first-order chi connectivity index (χ1) is 11.4. The molecule has 1 aromatic heterocycles. The molecule has 1 spiro atoms. The van der Waals surface area contributed by atoms with E-state index in [9.17, 15) is 14.7 Å². The highest BCUT2D eigenvalue weighted by molar-refractivity contribution is 5.88. The Morgan fingerprint density at radius 1 is 1.38 bits per heavy atom. The summed E-state index contributed by atoms with van der Waals surface area (Å²) in [6.07, 6.45) is 6.50. The van der Waals surface area contributed by atoms with Crippen molar-refractivity contribution >= 4 is 11.9 Å². The molecule has 3 rings (SSSR count). The molecule has 1 atom stereocenters. The van der Waals surface area contributed by atoms with Gasteiger partial charge in [-0.2, -0.15) is 0 Å². The van der Waals surface area contributed by atoms with Gasteiger partial charge in [0.05, 0.1) is 11.5 Å². The maximum absolute atomic E-state index is 12.0. The van der Waals surface area contributed by atoms with Crippen LogP contribution < -0.4 is 0 Å². The van der Waals surface area contributed by atoms with Crippen molar-refractivity contribution in [1.82, 2.24) is 19.4 Å². The Hall–Kier alpha value is -1.89. The SMILES string of the molecule is Cc1nccn1CCCN1CCC2(CC1)[C@@H](C(=O)O)CC(=O)N2C.